The molecule has 0 aliphatic carbocycles. The summed E-state index contributed by atoms with van der Waals surface area (Å²) in [6.07, 6.45) is 8.79. The average molecular weight is 465 g/mol. The number of carbonyl (C=O) groups excluding carboxylic acids is 3. The van der Waals surface area contributed by atoms with E-state index in [-0.39, 0.29) is 17.9 Å². The molecule has 1 aliphatic heterocycles. The van der Waals surface area contributed by atoms with E-state index in [1.165, 1.54) is 19.3 Å². The number of amides is 4. The number of hydrogen-bond donors (Lipinski definition) is 1. The molecule has 8 heteroatoms. The molecule has 0 atom stereocenters. The smallest absolute Gasteiger partial charge is 0.335 e. The first-order valence-corrected chi connectivity index (χ1v) is 10.2. The van der Waals surface area contributed by atoms with E-state index < -0.39 is 17.8 Å². The van der Waals surface area contributed by atoms with Crippen LogP contribution in [0.3, 0.4) is 0 Å². The number of benzene rings is 2. The summed E-state index contributed by atoms with van der Waals surface area (Å²) in [4.78, 5) is 39.0. The van der Waals surface area contributed by atoms with Crippen molar-refractivity contribution in [2.75, 3.05) is 18.6 Å². The van der Waals surface area contributed by atoms with Crippen LogP contribution >= 0.6 is 11.6 Å². The highest BCUT2D eigenvalue weighted by Crippen LogP contribution is 2.35. The number of nitrogens with zero attached hydrogens (tertiary/aromatic N) is 1. The molecule has 33 heavy (non-hydrogen) atoms. The number of halogens is 1. The average Bonchev–Trinajstić information content (AvgIpc) is 2.78. The lowest BCUT2D eigenvalue weighted by Crippen LogP contribution is -2.54. The van der Waals surface area contributed by atoms with Gasteiger partial charge >= 0.3 is 6.03 Å². The standard InChI is InChI=1S/C25H21ClN2O5/c1-5-7-17-11-16(13-21(32-4)22(17)33-10-6-2)12-19-23(29)27-25(31)28(24(19)30)18-9-8-15(3)20(26)14-18/h2,5,8-9,11-14H,1,7,10H2,3-4H3,(H,27,29,31)/b19-12+. The molecule has 0 radical (unpaired) electrons. The van der Waals surface area contributed by atoms with Gasteiger partial charge in [0.2, 0.25) is 0 Å². The zero-order chi connectivity index (χ0) is 24.1. The maximum Gasteiger partial charge on any atom is 0.335 e. The fraction of sp³-hybridized carbons (Fsp3) is 0.160. The quantitative estimate of drug-likeness (QED) is 0.289. The predicted molar refractivity (Wildman–Crippen MR) is 126 cm³/mol. The summed E-state index contributed by atoms with van der Waals surface area (Å²) in [7, 11) is 1.46. The highest BCUT2D eigenvalue weighted by Gasteiger charge is 2.37. The second-order valence-electron chi connectivity index (χ2n) is 7.09. The Morgan fingerprint density at radius 2 is 2.00 bits per heavy atom. The molecule has 0 spiro atoms. The Labute approximate surface area is 196 Å². The van der Waals surface area contributed by atoms with Crippen molar-refractivity contribution in [1.82, 2.24) is 5.32 Å². The maximum absolute atomic E-state index is 13.2. The summed E-state index contributed by atoms with van der Waals surface area (Å²) in [5.74, 6) is 1.64. The molecule has 1 saturated heterocycles. The SMILES string of the molecule is C#CCOc1c(CC=C)cc(/C=C2\C(=O)NC(=O)N(c3ccc(C)c(Cl)c3)C2=O)cc1OC. The molecule has 0 bridgehead atoms. The van der Waals surface area contributed by atoms with Crippen LogP contribution in [0.4, 0.5) is 10.5 Å². The number of anilines is 1. The molecule has 1 fully saturated rings. The predicted octanol–water partition coefficient (Wildman–Crippen LogP) is 4.06. The molecule has 1 N–H and O–H groups in total. The summed E-state index contributed by atoms with van der Waals surface area (Å²) in [5.41, 5.74) is 2.00. The molecule has 3 rings (SSSR count). The van der Waals surface area contributed by atoms with Gasteiger partial charge in [-0.25, -0.2) is 9.69 Å². The number of methoxy groups -OCH3 is 1. The normalized spacial score (nSPS) is 14.7. The number of aryl methyl sites for hydroxylation is 1. The van der Waals surface area contributed by atoms with Crippen LogP contribution in [-0.4, -0.2) is 31.6 Å². The summed E-state index contributed by atoms with van der Waals surface area (Å²) in [6, 6.07) is 7.23. The minimum atomic E-state index is -0.856. The largest absolute Gasteiger partial charge is 0.493 e. The monoisotopic (exact) mass is 464 g/mol. The minimum absolute atomic E-state index is 0.0397. The van der Waals surface area contributed by atoms with Crippen molar-refractivity contribution >= 4 is 41.2 Å². The highest BCUT2D eigenvalue weighted by atomic mass is 35.5. The highest BCUT2D eigenvalue weighted by molar-refractivity contribution is 6.39. The summed E-state index contributed by atoms with van der Waals surface area (Å²) in [5, 5.41) is 2.58. The van der Waals surface area contributed by atoms with Gasteiger partial charge in [-0.15, -0.1) is 13.0 Å². The molecule has 4 amide bonds. The second-order valence-corrected chi connectivity index (χ2v) is 7.50. The van der Waals surface area contributed by atoms with Crippen LogP contribution in [0, 0.1) is 19.3 Å². The number of nitrogens with one attached hydrogen (secondary N) is 1. The van der Waals surface area contributed by atoms with Crippen molar-refractivity contribution in [3.63, 3.8) is 0 Å². The Kier molecular flexibility index (Phi) is 7.21. The van der Waals surface area contributed by atoms with Crippen LogP contribution in [0.5, 0.6) is 11.5 Å². The van der Waals surface area contributed by atoms with Crippen molar-refractivity contribution in [1.29, 1.82) is 0 Å². The Morgan fingerprint density at radius 1 is 1.24 bits per heavy atom. The molecule has 2 aromatic rings. The number of rotatable bonds is 7. The number of ether oxygens (including phenoxy) is 2. The van der Waals surface area contributed by atoms with E-state index >= 15 is 0 Å². The van der Waals surface area contributed by atoms with E-state index in [1.54, 1.807) is 37.3 Å². The van der Waals surface area contributed by atoms with Crippen LogP contribution in [0.1, 0.15) is 16.7 Å². The summed E-state index contributed by atoms with van der Waals surface area (Å²) in [6.45, 7) is 5.58. The Bertz CT molecular complexity index is 1230. The molecular weight excluding hydrogens is 444 g/mol. The van der Waals surface area contributed by atoms with Crippen LogP contribution in [0.2, 0.25) is 5.02 Å². The molecular formula is C25H21ClN2O5. The minimum Gasteiger partial charge on any atom is -0.493 e. The molecule has 2 aromatic carbocycles. The van der Waals surface area contributed by atoms with Crippen molar-refractivity contribution in [3.8, 4) is 23.8 Å². The molecule has 0 aromatic heterocycles. The fourth-order valence-electron chi connectivity index (χ4n) is 3.28. The Balaban J connectivity index is 2.07. The topological polar surface area (TPSA) is 84.9 Å². The number of hydrogen-bond acceptors (Lipinski definition) is 5. The van der Waals surface area contributed by atoms with Gasteiger partial charge in [0.1, 0.15) is 12.2 Å². The zero-order valence-corrected chi connectivity index (χ0v) is 18.9. The molecule has 1 heterocycles. The number of imide groups is 2. The number of terminal acetylenes is 1. The fourth-order valence-corrected chi connectivity index (χ4v) is 3.46. The molecule has 0 saturated carbocycles. The van der Waals surface area contributed by atoms with E-state index in [1.807, 2.05) is 0 Å². The van der Waals surface area contributed by atoms with E-state index in [4.69, 9.17) is 27.5 Å². The van der Waals surface area contributed by atoms with Crippen LogP contribution in [0.15, 0.2) is 48.6 Å². The van der Waals surface area contributed by atoms with Gasteiger partial charge in [0, 0.05) is 10.6 Å². The van der Waals surface area contributed by atoms with Gasteiger partial charge in [-0.1, -0.05) is 29.7 Å². The third-order valence-corrected chi connectivity index (χ3v) is 5.27. The van der Waals surface area contributed by atoms with Gasteiger partial charge in [-0.2, -0.15) is 0 Å². The van der Waals surface area contributed by atoms with Crippen molar-refractivity contribution in [3.05, 3.63) is 70.3 Å². The Hall–Kier alpha value is -4.02. The van der Waals surface area contributed by atoms with E-state index in [0.717, 1.165) is 10.5 Å². The van der Waals surface area contributed by atoms with Gasteiger partial charge in [-0.05, 0) is 54.8 Å². The molecule has 7 nitrogen and oxygen atoms in total. The summed E-state index contributed by atoms with van der Waals surface area (Å²) >= 11 is 6.16. The van der Waals surface area contributed by atoms with Gasteiger partial charge < -0.3 is 9.47 Å². The summed E-state index contributed by atoms with van der Waals surface area (Å²) < 4.78 is 11.0. The van der Waals surface area contributed by atoms with E-state index in [0.29, 0.717) is 34.1 Å². The second kappa shape index (κ2) is 10.1. The number of allylic oxidation sites excluding steroid dienone is 1. The molecule has 0 unspecified atom stereocenters. The maximum atomic E-state index is 13.2. The zero-order valence-electron chi connectivity index (χ0n) is 18.1. The first-order valence-electron chi connectivity index (χ1n) is 9.86. The lowest BCUT2D eigenvalue weighted by atomic mass is 10.0. The van der Waals surface area contributed by atoms with Crippen molar-refractivity contribution in [2.24, 2.45) is 0 Å². The van der Waals surface area contributed by atoms with Crippen molar-refractivity contribution < 1.29 is 23.9 Å². The van der Waals surface area contributed by atoms with Gasteiger partial charge in [0.25, 0.3) is 11.8 Å². The van der Waals surface area contributed by atoms with E-state index in [9.17, 15) is 14.4 Å². The number of urea groups is 1. The third-order valence-electron chi connectivity index (χ3n) is 4.86. The van der Waals surface area contributed by atoms with Crippen LogP contribution < -0.4 is 19.7 Å². The van der Waals surface area contributed by atoms with Crippen LogP contribution in [0.25, 0.3) is 6.08 Å². The Morgan fingerprint density at radius 3 is 2.64 bits per heavy atom. The first kappa shape index (κ1) is 23.6. The molecule has 168 valence electrons. The van der Waals surface area contributed by atoms with Gasteiger partial charge in [0.15, 0.2) is 11.5 Å². The number of barbiturate groups is 1. The lowest BCUT2D eigenvalue weighted by Gasteiger charge is -2.26. The first-order chi connectivity index (χ1) is 15.8. The van der Waals surface area contributed by atoms with Crippen molar-refractivity contribution in [2.45, 2.75) is 13.3 Å². The van der Waals surface area contributed by atoms with Gasteiger partial charge in [-0.3, -0.25) is 14.9 Å². The lowest BCUT2D eigenvalue weighted by molar-refractivity contribution is -0.122. The van der Waals surface area contributed by atoms with E-state index in [2.05, 4.69) is 17.8 Å². The number of carbonyl (C=O) groups is 3. The third kappa shape index (κ3) is 4.92. The van der Waals surface area contributed by atoms with Gasteiger partial charge in [0.05, 0.1) is 12.8 Å². The molecule has 1 aliphatic rings. The van der Waals surface area contributed by atoms with Crippen LogP contribution in [-0.2, 0) is 16.0 Å².